The highest BCUT2D eigenvalue weighted by Gasteiger charge is 2.28. The second-order valence-electron chi connectivity index (χ2n) is 4.71. The van der Waals surface area contributed by atoms with Crippen molar-refractivity contribution in [1.82, 2.24) is 10.2 Å². The maximum Gasteiger partial charge on any atom is 0.256 e. The van der Waals surface area contributed by atoms with Crippen molar-refractivity contribution in [3.05, 3.63) is 29.3 Å². The number of amides is 3. The minimum Gasteiger partial charge on any atom is -0.385 e. The van der Waals surface area contributed by atoms with Crippen LogP contribution in [0.5, 0.6) is 0 Å². The molecule has 1 fully saturated rings. The van der Waals surface area contributed by atoms with Crippen LogP contribution in [0.25, 0.3) is 0 Å². The molecule has 3 amide bonds. The smallest absolute Gasteiger partial charge is 0.256 e. The Hall–Kier alpha value is -2.37. The first-order valence-electron chi connectivity index (χ1n) is 6.47. The molecule has 2 N–H and O–H groups in total. The van der Waals surface area contributed by atoms with Crippen molar-refractivity contribution in [2.45, 2.75) is 13.8 Å². The summed E-state index contributed by atoms with van der Waals surface area (Å²) in [7, 11) is 0. The second kappa shape index (κ2) is 5.73. The van der Waals surface area contributed by atoms with Crippen LogP contribution in [0.1, 0.15) is 22.8 Å². The number of nitrogens with one attached hydrogen (secondary N) is 2. The van der Waals surface area contributed by atoms with Gasteiger partial charge in [-0.3, -0.25) is 19.7 Å². The first kappa shape index (κ1) is 14.0. The molecule has 1 aliphatic rings. The molecule has 1 heterocycles. The van der Waals surface area contributed by atoms with E-state index >= 15 is 0 Å². The average Bonchev–Trinajstić information content (AvgIpc) is 2.39. The molecule has 0 aliphatic carbocycles. The summed E-state index contributed by atoms with van der Waals surface area (Å²) in [4.78, 5) is 36.5. The van der Waals surface area contributed by atoms with Crippen molar-refractivity contribution in [3.63, 3.8) is 0 Å². The van der Waals surface area contributed by atoms with E-state index in [9.17, 15) is 14.4 Å². The number of aryl methyl sites for hydroxylation is 1. The molecule has 0 saturated carbocycles. The van der Waals surface area contributed by atoms with E-state index in [1.165, 1.54) is 4.90 Å². The van der Waals surface area contributed by atoms with E-state index in [0.717, 1.165) is 5.56 Å². The van der Waals surface area contributed by atoms with Gasteiger partial charge in [0.15, 0.2) is 0 Å². The number of carbonyl (C=O) groups is 3. The number of anilines is 1. The number of rotatable bonds is 3. The van der Waals surface area contributed by atoms with Gasteiger partial charge in [-0.05, 0) is 26.0 Å². The molecule has 1 saturated heterocycles. The highest BCUT2D eigenvalue weighted by molar-refractivity contribution is 6.07. The number of nitrogens with zero attached hydrogens (tertiary/aromatic N) is 1. The van der Waals surface area contributed by atoms with E-state index in [2.05, 4.69) is 10.6 Å². The van der Waals surface area contributed by atoms with Crippen molar-refractivity contribution >= 4 is 23.4 Å². The first-order chi connectivity index (χ1) is 9.51. The molecule has 1 aromatic rings. The summed E-state index contributed by atoms with van der Waals surface area (Å²) < 4.78 is 0. The van der Waals surface area contributed by atoms with Crippen LogP contribution in [0.15, 0.2) is 18.2 Å². The Bertz CT molecular complexity index is 553. The number of carbonyl (C=O) groups excluding carboxylic acids is 3. The van der Waals surface area contributed by atoms with Crippen molar-refractivity contribution in [2.24, 2.45) is 0 Å². The van der Waals surface area contributed by atoms with Gasteiger partial charge in [-0.15, -0.1) is 0 Å². The van der Waals surface area contributed by atoms with Crippen LogP contribution < -0.4 is 10.6 Å². The van der Waals surface area contributed by atoms with Gasteiger partial charge in [0, 0.05) is 12.2 Å². The summed E-state index contributed by atoms with van der Waals surface area (Å²) in [5.41, 5.74) is 2.14. The average molecular weight is 275 g/mol. The first-order valence-corrected chi connectivity index (χ1v) is 6.47. The lowest BCUT2D eigenvalue weighted by Crippen LogP contribution is -2.53. The molecule has 1 aliphatic heterocycles. The van der Waals surface area contributed by atoms with E-state index in [1.807, 2.05) is 26.0 Å². The minimum absolute atomic E-state index is 0.0932. The summed E-state index contributed by atoms with van der Waals surface area (Å²) >= 11 is 0. The molecule has 0 atom stereocenters. The molecule has 20 heavy (non-hydrogen) atoms. The van der Waals surface area contributed by atoms with Crippen LogP contribution in [0.4, 0.5) is 5.69 Å². The molecular formula is C14H17N3O3. The standard InChI is InChI=1S/C14H17N3O3/c1-3-15-11-5-4-9(2)6-10(11)14(20)17-7-12(18)16-13(19)8-17/h4-6,15H,3,7-8H2,1-2H3,(H,16,18,19). The van der Waals surface area contributed by atoms with E-state index < -0.39 is 11.8 Å². The molecule has 0 radical (unpaired) electrons. The van der Waals surface area contributed by atoms with Crippen molar-refractivity contribution in [2.75, 3.05) is 25.0 Å². The van der Waals surface area contributed by atoms with Crippen molar-refractivity contribution < 1.29 is 14.4 Å². The maximum absolute atomic E-state index is 12.5. The summed E-state index contributed by atoms with van der Waals surface area (Å²) in [6, 6.07) is 5.50. The number of hydrogen-bond acceptors (Lipinski definition) is 4. The molecule has 1 aromatic carbocycles. The lowest BCUT2D eigenvalue weighted by atomic mass is 10.1. The largest absolute Gasteiger partial charge is 0.385 e. The monoisotopic (exact) mass is 275 g/mol. The van der Waals surface area contributed by atoms with E-state index in [1.54, 1.807) is 6.07 Å². The van der Waals surface area contributed by atoms with Crippen molar-refractivity contribution in [3.8, 4) is 0 Å². The Morgan fingerprint density at radius 2 is 1.95 bits per heavy atom. The van der Waals surface area contributed by atoms with Gasteiger partial charge in [0.1, 0.15) is 13.1 Å². The Morgan fingerprint density at radius 1 is 1.30 bits per heavy atom. The molecule has 0 aromatic heterocycles. The summed E-state index contributed by atoms with van der Waals surface area (Å²) in [5, 5.41) is 5.29. The fraction of sp³-hybridized carbons (Fsp3) is 0.357. The van der Waals surface area contributed by atoms with Gasteiger partial charge < -0.3 is 10.2 Å². The van der Waals surface area contributed by atoms with Crippen LogP contribution >= 0.6 is 0 Å². The Kier molecular flexibility index (Phi) is 4.02. The summed E-state index contributed by atoms with van der Waals surface area (Å²) in [6.45, 7) is 4.32. The fourth-order valence-electron chi connectivity index (χ4n) is 2.13. The predicted octanol–water partition coefficient (Wildman–Crippen LogP) is 0.525. The number of imide groups is 1. The minimum atomic E-state index is -0.452. The Labute approximate surface area is 117 Å². The van der Waals surface area contributed by atoms with Crippen molar-refractivity contribution in [1.29, 1.82) is 0 Å². The van der Waals surface area contributed by atoms with Crippen LogP contribution in [0.3, 0.4) is 0 Å². The number of piperazine rings is 1. The highest BCUT2D eigenvalue weighted by atomic mass is 16.2. The molecule has 0 spiro atoms. The molecule has 0 unspecified atom stereocenters. The Morgan fingerprint density at radius 3 is 2.55 bits per heavy atom. The maximum atomic E-state index is 12.5. The second-order valence-corrected chi connectivity index (χ2v) is 4.71. The van der Waals surface area contributed by atoms with Crippen LogP contribution in [-0.4, -0.2) is 42.3 Å². The van der Waals surface area contributed by atoms with E-state index in [0.29, 0.717) is 17.8 Å². The third-order valence-corrected chi connectivity index (χ3v) is 3.01. The quantitative estimate of drug-likeness (QED) is 0.789. The number of hydrogen-bond donors (Lipinski definition) is 2. The van der Waals surface area contributed by atoms with Gasteiger partial charge in [0.05, 0.1) is 5.56 Å². The topological polar surface area (TPSA) is 78.5 Å². The SMILES string of the molecule is CCNc1ccc(C)cc1C(=O)N1CC(=O)NC(=O)C1. The zero-order chi connectivity index (χ0) is 14.7. The van der Waals surface area contributed by atoms with Crippen LogP contribution in [-0.2, 0) is 9.59 Å². The third kappa shape index (κ3) is 2.96. The summed E-state index contributed by atoms with van der Waals surface area (Å²) in [6.07, 6.45) is 0. The van der Waals surface area contributed by atoms with Gasteiger partial charge in [-0.1, -0.05) is 11.6 Å². The lowest BCUT2D eigenvalue weighted by Gasteiger charge is -2.26. The van der Waals surface area contributed by atoms with Crippen LogP contribution in [0.2, 0.25) is 0 Å². The number of benzene rings is 1. The molecule has 106 valence electrons. The molecule has 6 heteroatoms. The third-order valence-electron chi connectivity index (χ3n) is 3.01. The van der Waals surface area contributed by atoms with Gasteiger partial charge in [-0.2, -0.15) is 0 Å². The zero-order valence-corrected chi connectivity index (χ0v) is 11.5. The fourth-order valence-corrected chi connectivity index (χ4v) is 2.13. The molecule has 2 rings (SSSR count). The molecule has 6 nitrogen and oxygen atoms in total. The van der Waals surface area contributed by atoms with E-state index in [4.69, 9.17) is 0 Å². The predicted molar refractivity (Wildman–Crippen MR) is 74.4 cm³/mol. The Balaban J connectivity index is 2.30. The summed E-state index contributed by atoms with van der Waals surface area (Å²) in [5.74, 6) is -1.22. The molecular weight excluding hydrogens is 258 g/mol. The van der Waals surface area contributed by atoms with E-state index in [-0.39, 0.29) is 19.0 Å². The normalized spacial score (nSPS) is 15.0. The molecule has 0 bridgehead atoms. The lowest BCUT2D eigenvalue weighted by molar-refractivity contribution is -0.135. The van der Waals surface area contributed by atoms with Crippen LogP contribution in [0, 0.1) is 6.92 Å². The van der Waals surface area contributed by atoms with Gasteiger partial charge in [-0.25, -0.2) is 0 Å². The van der Waals surface area contributed by atoms with Gasteiger partial charge >= 0.3 is 0 Å². The zero-order valence-electron chi connectivity index (χ0n) is 11.5. The van der Waals surface area contributed by atoms with Gasteiger partial charge in [0.25, 0.3) is 5.91 Å². The van der Waals surface area contributed by atoms with Gasteiger partial charge in [0.2, 0.25) is 11.8 Å². The highest BCUT2D eigenvalue weighted by Crippen LogP contribution is 2.19.